The van der Waals surface area contributed by atoms with Crippen molar-refractivity contribution in [3.05, 3.63) is 42.2 Å². The standard InChI is InChI=1S/C25H34N4O/c1-4-5-14-26-25-27-15-22-23(19-8-6-18(7-9-19)17(2)3)16-29(24(22)28-25)20-10-12-21(30)13-11-20/h6-9,15-17,20-21,30H,4-5,10-14H2,1-3H3,(H,26,27,28)/t20-,21-. The lowest BCUT2D eigenvalue weighted by molar-refractivity contribution is 0.111. The minimum absolute atomic E-state index is 0.160. The Morgan fingerprint density at radius 3 is 2.53 bits per heavy atom. The molecule has 1 aliphatic carbocycles. The van der Waals surface area contributed by atoms with Crippen molar-refractivity contribution in [3.8, 4) is 11.1 Å². The maximum absolute atomic E-state index is 9.96. The number of nitrogens with zero attached hydrogens (tertiary/aromatic N) is 3. The normalized spacial score (nSPS) is 19.5. The zero-order valence-corrected chi connectivity index (χ0v) is 18.4. The van der Waals surface area contributed by atoms with E-state index in [0.717, 1.165) is 56.1 Å². The van der Waals surface area contributed by atoms with E-state index in [1.165, 1.54) is 16.7 Å². The van der Waals surface area contributed by atoms with Crippen LogP contribution in [0.3, 0.4) is 0 Å². The quantitative estimate of drug-likeness (QED) is 0.479. The van der Waals surface area contributed by atoms with Crippen molar-refractivity contribution in [2.24, 2.45) is 0 Å². The summed E-state index contributed by atoms with van der Waals surface area (Å²) in [4.78, 5) is 9.52. The lowest BCUT2D eigenvalue weighted by atomic mass is 9.93. The lowest BCUT2D eigenvalue weighted by Gasteiger charge is -2.27. The van der Waals surface area contributed by atoms with Crippen LogP contribution in [0.4, 0.5) is 5.95 Å². The van der Waals surface area contributed by atoms with E-state index in [2.05, 4.69) is 66.1 Å². The van der Waals surface area contributed by atoms with Gasteiger partial charge in [0.05, 0.1) is 6.10 Å². The van der Waals surface area contributed by atoms with Gasteiger partial charge in [0.2, 0.25) is 5.95 Å². The predicted octanol–water partition coefficient (Wildman–Crippen LogP) is 5.91. The smallest absolute Gasteiger partial charge is 0.224 e. The molecule has 30 heavy (non-hydrogen) atoms. The van der Waals surface area contributed by atoms with E-state index in [1.807, 2.05) is 6.20 Å². The molecule has 0 amide bonds. The van der Waals surface area contributed by atoms with Gasteiger partial charge in [0, 0.05) is 35.9 Å². The summed E-state index contributed by atoms with van der Waals surface area (Å²) < 4.78 is 2.33. The highest BCUT2D eigenvalue weighted by atomic mass is 16.3. The number of benzene rings is 1. The first-order valence-electron chi connectivity index (χ1n) is 11.5. The van der Waals surface area contributed by atoms with Gasteiger partial charge in [-0.05, 0) is 49.1 Å². The second-order valence-electron chi connectivity index (χ2n) is 8.90. The molecule has 0 radical (unpaired) electrons. The molecule has 2 aromatic heterocycles. The fourth-order valence-corrected chi connectivity index (χ4v) is 4.38. The topological polar surface area (TPSA) is 63.0 Å². The summed E-state index contributed by atoms with van der Waals surface area (Å²) in [5, 5.41) is 14.4. The summed E-state index contributed by atoms with van der Waals surface area (Å²) in [6, 6.07) is 9.25. The van der Waals surface area contributed by atoms with Gasteiger partial charge in [-0.1, -0.05) is 51.5 Å². The average Bonchev–Trinajstić information content (AvgIpc) is 3.13. The zero-order chi connectivity index (χ0) is 21.1. The Labute approximate surface area is 179 Å². The summed E-state index contributed by atoms with van der Waals surface area (Å²) in [7, 11) is 0. The molecule has 2 N–H and O–H groups in total. The Bertz CT molecular complexity index is 969. The summed E-state index contributed by atoms with van der Waals surface area (Å²) >= 11 is 0. The van der Waals surface area contributed by atoms with E-state index >= 15 is 0 Å². The van der Waals surface area contributed by atoms with Gasteiger partial charge in [0.15, 0.2) is 0 Å². The van der Waals surface area contributed by atoms with Gasteiger partial charge in [0.25, 0.3) is 0 Å². The Morgan fingerprint density at radius 1 is 1.13 bits per heavy atom. The van der Waals surface area contributed by atoms with Crippen LogP contribution in [0.5, 0.6) is 0 Å². The van der Waals surface area contributed by atoms with E-state index in [0.29, 0.717) is 17.9 Å². The summed E-state index contributed by atoms with van der Waals surface area (Å²) in [5.41, 5.74) is 4.73. The largest absolute Gasteiger partial charge is 0.393 e. The van der Waals surface area contributed by atoms with Crippen LogP contribution >= 0.6 is 0 Å². The van der Waals surface area contributed by atoms with Crippen molar-refractivity contribution in [2.75, 3.05) is 11.9 Å². The van der Waals surface area contributed by atoms with Crippen molar-refractivity contribution < 1.29 is 5.11 Å². The number of aliphatic hydroxyl groups excluding tert-OH is 1. The highest BCUT2D eigenvalue weighted by Gasteiger charge is 2.24. The molecule has 4 rings (SSSR count). The van der Waals surface area contributed by atoms with E-state index in [1.54, 1.807) is 0 Å². The maximum atomic E-state index is 9.96. The highest BCUT2D eigenvalue weighted by molar-refractivity contribution is 5.94. The number of fused-ring (bicyclic) bond motifs is 1. The first-order valence-corrected chi connectivity index (χ1v) is 11.5. The van der Waals surface area contributed by atoms with Gasteiger partial charge in [-0.15, -0.1) is 0 Å². The van der Waals surface area contributed by atoms with Crippen molar-refractivity contribution in [1.29, 1.82) is 0 Å². The number of hydrogen-bond acceptors (Lipinski definition) is 4. The van der Waals surface area contributed by atoms with E-state index in [-0.39, 0.29) is 6.10 Å². The zero-order valence-electron chi connectivity index (χ0n) is 18.4. The van der Waals surface area contributed by atoms with Crippen LogP contribution in [0.2, 0.25) is 0 Å². The van der Waals surface area contributed by atoms with Gasteiger partial charge < -0.3 is 15.0 Å². The lowest BCUT2D eigenvalue weighted by Crippen LogP contribution is -2.21. The molecule has 0 aliphatic heterocycles. The van der Waals surface area contributed by atoms with Gasteiger partial charge >= 0.3 is 0 Å². The molecule has 1 aromatic carbocycles. The van der Waals surface area contributed by atoms with Crippen LogP contribution < -0.4 is 5.32 Å². The highest BCUT2D eigenvalue weighted by Crippen LogP contribution is 2.37. The Morgan fingerprint density at radius 2 is 1.87 bits per heavy atom. The number of rotatable bonds is 7. The Kier molecular flexibility index (Phi) is 6.38. The minimum atomic E-state index is -0.160. The second-order valence-corrected chi connectivity index (χ2v) is 8.90. The number of anilines is 1. The van der Waals surface area contributed by atoms with Crippen LogP contribution in [0, 0.1) is 0 Å². The third-order valence-corrected chi connectivity index (χ3v) is 6.33. The molecule has 3 aromatic rings. The van der Waals surface area contributed by atoms with Gasteiger partial charge in [-0.25, -0.2) is 4.98 Å². The number of hydrogen-bond donors (Lipinski definition) is 2. The Hall–Kier alpha value is -2.40. The third kappa shape index (κ3) is 4.36. The second kappa shape index (κ2) is 9.17. The van der Waals surface area contributed by atoms with Crippen LogP contribution in [0.25, 0.3) is 22.2 Å². The average molecular weight is 407 g/mol. The number of unbranched alkanes of at least 4 members (excludes halogenated alkanes) is 1. The SMILES string of the molecule is CCCCNc1ncc2c(-c3ccc(C(C)C)cc3)cn([C@H]3CC[C@H](O)CC3)c2n1. The molecule has 0 bridgehead atoms. The van der Waals surface area contributed by atoms with Crippen LogP contribution in [0.15, 0.2) is 36.7 Å². The molecular formula is C25H34N4O. The van der Waals surface area contributed by atoms with Gasteiger partial charge in [0.1, 0.15) is 5.65 Å². The third-order valence-electron chi connectivity index (χ3n) is 6.33. The van der Waals surface area contributed by atoms with Crippen molar-refractivity contribution in [2.45, 2.75) is 77.4 Å². The molecule has 1 fully saturated rings. The molecular weight excluding hydrogens is 372 g/mol. The summed E-state index contributed by atoms with van der Waals surface area (Å²) in [5.74, 6) is 1.22. The number of aromatic nitrogens is 3. The summed E-state index contributed by atoms with van der Waals surface area (Å²) in [6.07, 6.45) is 10.00. The van der Waals surface area contributed by atoms with E-state index in [9.17, 15) is 5.11 Å². The van der Waals surface area contributed by atoms with Crippen LogP contribution in [0.1, 0.15) is 76.8 Å². The maximum Gasteiger partial charge on any atom is 0.224 e. The van der Waals surface area contributed by atoms with Crippen molar-refractivity contribution >= 4 is 17.0 Å². The van der Waals surface area contributed by atoms with Crippen LogP contribution in [-0.4, -0.2) is 32.3 Å². The van der Waals surface area contributed by atoms with Gasteiger partial charge in [-0.3, -0.25) is 0 Å². The molecule has 0 atom stereocenters. The van der Waals surface area contributed by atoms with Crippen LogP contribution in [-0.2, 0) is 0 Å². The molecule has 0 saturated heterocycles. The molecule has 1 aliphatic rings. The number of nitrogens with one attached hydrogen (secondary N) is 1. The minimum Gasteiger partial charge on any atom is -0.393 e. The van der Waals surface area contributed by atoms with Crippen molar-refractivity contribution in [1.82, 2.24) is 14.5 Å². The predicted molar refractivity (Wildman–Crippen MR) is 124 cm³/mol. The first kappa shape index (κ1) is 20.9. The molecule has 5 nitrogen and oxygen atoms in total. The Balaban J connectivity index is 1.74. The molecule has 2 heterocycles. The van der Waals surface area contributed by atoms with Gasteiger partial charge in [-0.2, -0.15) is 4.98 Å². The molecule has 0 unspecified atom stereocenters. The number of aliphatic hydroxyl groups is 1. The molecule has 5 heteroatoms. The molecule has 0 spiro atoms. The van der Waals surface area contributed by atoms with E-state index < -0.39 is 0 Å². The monoisotopic (exact) mass is 406 g/mol. The summed E-state index contributed by atoms with van der Waals surface area (Å²) in [6.45, 7) is 7.52. The van der Waals surface area contributed by atoms with E-state index in [4.69, 9.17) is 4.98 Å². The fraction of sp³-hybridized carbons (Fsp3) is 0.520. The molecule has 1 saturated carbocycles. The molecule has 160 valence electrons. The first-order chi connectivity index (χ1) is 14.6. The van der Waals surface area contributed by atoms with Crippen molar-refractivity contribution in [3.63, 3.8) is 0 Å². The fourth-order valence-electron chi connectivity index (χ4n) is 4.38.